The van der Waals surface area contributed by atoms with E-state index in [0.29, 0.717) is 18.4 Å². The van der Waals surface area contributed by atoms with Gasteiger partial charge in [-0.1, -0.05) is 52.0 Å². The summed E-state index contributed by atoms with van der Waals surface area (Å²) in [5.74, 6) is 0.996. The van der Waals surface area contributed by atoms with E-state index in [1.54, 1.807) is 0 Å². The summed E-state index contributed by atoms with van der Waals surface area (Å²) in [6.45, 7) is 11.4. The van der Waals surface area contributed by atoms with Crippen molar-refractivity contribution in [2.45, 2.75) is 53.2 Å². The van der Waals surface area contributed by atoms with Crippen molar-refractivity contribution in [2.75, 3.05) is 6.54 Å². The molecule has 0 radical (unpaired) electrons. The van der Waals surface area contributed by atoms with Crippen molar-refractivity contribution < 1.29 is 5.11 Å². The molecule has 0 spiro atoms. The zero-order valence-electron chi connectivity index (χ0n) is 13.0. The van der Waals surface area contributed by atoms with Crippen LogP contribution in [0.15, 0.2) is 24.3 Å². The molecule has 108 valence electrons. The zero-order chi connectivity index (χ0) is 14.4. The van der Waals surface area contributed by atoms with E-state index in [2.05, 4.69) is 50.4 Å². The van der Waals surface area contributed by atoms with Crippen molar-refractivity contribution in [2.24, 2.45) is 11.8 Å². The van der Waals surface area contributed by atoms with Gasteiger partial charge >= 0.3 is 0 Å². The van der Waals surface area contributed by atoms with Crippen molar-refractivity contribution in [3.63, 3.8) is 0 Å². The molecule has 0 bridgehead atoms. The molecule has 2 nitrogen and oxygen atoms in total. The van der Waals surface area contributed by atoms with Gasteiger partial charge in [0.15, 0.2) is 0 Å². The molecule has 0 fully saturated rings. The van der Waals surface area contributed by atoms with E-state index >= 15 is 0 Å². The molecule has 1 aromatic carbocycles. The lowest BCUT2D eigenvalue weighted by atomic mass is 9.99. The minimum atomic E-state index is -0.275. The van der Waals surface area contributed by atoms with Crippen LogP contribution in [0, 0.1) is 11.8 Å². The Morgan fingerprint density at radius 3 is 2.05 bits per heavy atom. The summed E-state index contributed by atoms with van der Waals surface area (Å²) in [7, 11) is 0. The van der Waals surface area contributed by atoms with E-state index in [0.717, 1.165) is 6.42 Å². The molecule has 0 aliphatic carbocycles. The maximum Gasteiger partial charge on any atom is 0.0687 e. The van der Waals surface area contributed by atoms with Gasteiger partial charge < -0.3 is 10.4 Å². The van der Waals surface area contributed by atoms with Gasteiger partial charge in [-0.2, -0.15) is 0 Å². The Bertz CT molecular complexity index is 356. The third-order valence-corrected chi connectivity index (χ3v) is 3.53. The standard InChI is InChI=1S/C17H29NO/c1-12(2)10-15-6-8-16(9-7-15)14(5)18-11-17(19)13(3)4/h6-9,12-14,17-19H,10-11H2,1-5H3. The predicted molar refractivity (Wildman–Crippen MR) is 82.2 cm³/mol. The molecule has 1 rings (SSSR count). The second-order valence-electron chi connectivity index (χ2n) is 6.28. The van der Waals surface area contributed by atoms with Gasteiger partial charge in [-0.15, -0.1) is 0 Å². The fourth-order valence-corrected chi connectivity index (χ4v) is 2.06. The summed E-state index contributed by atoms with van der Waals surface area (Å²) in [4.78, 5) is 0. The summed E-state index contributed by atoms with van der Waals surface area (Å²) < 4.78 is 0. The molecule has 2 atom stereocenters. The summed E-state index contributed by atoms with van der Waals surface area (Å²) in [5.41, 5.74) is 2.68. The number of nitrogens with one attached hydrogen (secondary N) is 1. The summed E-state index contributed by atoms with van der Waals surface area (Å²) in [6.07, 6.45) is 0.858. The van der Waals surface area contributed by atoms with Gasteiger partial charge in [-0.3, -0.25) is 0 Å². The molecule has 0 aliphatic heterocycles. The predicted octanol–water partition coefficient (Wildman–Crippen LogP) is 3.55. The molecule has 0 saturated carbocycles. The van der Waals surface area contributed by atoms with Crippen LogP contribution in [0.4, 0.5) is 0 Å². The second kappa shape index (κ2) is 7.66. The SMILES string of the molecule is CC(C)Cc1ccc(C(C)NCC(O)C(C)C)cc1. The smallest absolute Gasteiger partial charge is 0.0687 e. The number of benzene rings is 1. The summed E-state index contributed by atoms with van der Waals surface area (Å²) in [6, 6.07) is 9.09. The topological polar surface area (TPSA) is 32.3 Å². The molecule has 0 aliphatic rings. The van der Waals surface area contributed by atoms with Crippen molar-refractivity contribution in [3.8, 4) is 0 Å². The van der Waals surface area contributed by atoms with Crippen LogP contribution in [-0.2, 0) is 6.42 Å². The maximum atomic E-state index is 9.80. The first kappa shape index (κ1) is 16.2. The fraction of sp³-hybridized carbons (Fsp3) is 0.647. The van der Waals surface area contributed by atoms with Gasteiger partial charge in [0.25, 0.3) is 0 Å². The summed E-state index contributed by atoms with van der Waals surface area (Å²) >= 11 is 0. The van der Waals surface area contributed by atoms with Crippen molar-refractivity contribution >= 4 is 0 Å². The van der Waals surface area contributed by atoms with Gasteiger partial charge in [0.05, 0.1) is 6.10 Å². The molecule has 1 aromatic rings. The zero-order valence-corrected chi connectivity index (χ0v) is 13.0. The lowest BCUT2D eigenvalue weighted by Crippen LogP contribution is -2.32. The second-order valence-corrected chi connectivity index (χ2v) is 6.28. The molecular weight excluding hydrogens is 234 g/mol. The van der Waals surface area contributed by atoms with Crippen LogP contribution < -0.4 is 5.32 Å². The largest absolute Gasteiger partial charge is 0.392 e. The van der Waals surface area contributed by atoms with Crippen LogP contribution in [0.25, 0.3) is 0 Å². The molecule has 2 N–H and O–H groups in total. The van der Waals surface area contributed by atoms with Crippen molar-refractivity contribution in [3.05, 3.63) is 35.4 Å². The van der Waals surface area contributed by atoms with Gasteiger partial charge in [0, 0.05) is 12.6 Å². The van der Waals surface area contributed by atoms with E-state index in [9.17, 15) is 5.11 Å². The normalized spacial score (nSPS) is 14.9. The molecular formula is C17H29NO. The molecule has 0 amide bonds. The van der Waals surface area contributed by atoms with E-state index < -0.39 is 0 Å². The fourth-order valence-electron chi connectivity index (χ4n) is 2.06. The van der Waals surface area contributed by atoms with Crippen LogP contribution in [0.1, 0.15) is 51.8 Å². The van der Waals surface area contributed by atoms with Crippen LogP contribution in [0.3, 0.4) is 0 Å². The lowest BCUT2D eigenvalue weighted by molar-refractivity contribution is 0.120. The van der Waals surface area contributed by atoms with Crippen LogP contribution in [-0.4, -0.2) is 17.8 Å². The third kappa shape index (κ3) is 5.75. The quantitative estimate of drug-likeness (QED) is 0.788. The first-order valence-corrected chi connectivity index (χ1v) is 7.40. The molecule has 19 heavy (non-hydrogen) atoms. The first-order valence-electron chi connectivity index (χ1n) is 7.40. The van der Waals surface area contributed by atoms with Crippen molar-refractivity contribution in [1.29, 1.82) is 0 Å². The minimum Gasteiger partial charge on any atom is -0.392 e. The van der Waals surface area contributed by atoms with Crippen molar-refractivity contribution in [1.82, 2.24) is 5.32 Å². The molecule has 2 heteroatoms. The van der Waals surface area contributed by atoms with E-state index in [1.165, 1.54) is 11.1 Å². The highest BCUT2D eigenvalue weighted by molar-refractivity contribution is 5.25. The number of hydrogen-bond donors (Lipinski definition) is 2. The van der Waals surface area contributed by atoms with E-state index in [-0.39, 0.29) is 12.1 Å². The molecule has 2 unspecified atom stereocenters. The highest BCUT2D eigenvalue weighted by Crippen LogP contribution is 2.15. The van der Waals surface area contributed by atoms with E-state index in [1.807, 2.05) is 13.8 Å². The van der Waals surface area contributed by atoms with Gasteiger partial charge in [0.1, 0.15) is 0 Å². The Labute approximate surface area is 118 Å². The third-order valence-electron chi connectivity index (χ3n) is 3.53. The number of aliphatic hydroxyl groups is 1. The van der Waals surface area contributed by atoms with Gasteiger partial charge in [0.2, 0.25) is 0 Å². The number of aliphatic hydroxyl groups excluding tert-OH is 1. The van der Waals surface area contributed by atoms with E-state index in [4.69, 9.17) is 0 Å². The highest BCUT2D eigenvalue weighted by atomic mass is 16.3. The Hall–Kier alpha value is -0.860. The van der Waals surface area contributed by atoms with Crippen LogP contribution in [0.5, 0.6) is 0 Å². The Kier molecular flexibility index (Phi) is 6.53. The van der Waals surface area contributed by atoms with Gasteiger partial charge in [-0.05, 0) is 36.3 Å². The van der Waals surface area contributed by atoms with Crippen LogP contribution in [0.2, 0.25) is 0 Å². The monoisotopic (exact) mass is 263 g/mol. The highest BCUT2D eigenvalue weighted by Gasteiger charge is 2.11. The number of hydrogen-bond acceptors (Lipinski definition) is 2. The Morgan fingerprint density at radius 2 is 1.58 bits per heavy atom. The maximum absolute atomic E-state index is 9.80. The molecule has 0 aromatic heterocycles. The minimum absolute atomic E-state index is 0.275. The Balaban J connectivity index is 2.50. The Morgan fingerprint density at radius 1 is 1.00 bits per heavy atom. The average molecular weight is 263 g/mol. The first-order chi connectivity index (χ1) is 8.90. The average Bonchev–Trinajstić information content (AvgIpc) is 2.35. The molecule has 0 saturated heterocycles. The number of rotatable bonds is 7. The summed E-state index contributed by atoms with van der Waals surface area (Å²) in [5, 5.41) is 13.2. The van der Waals surface area contributed by atoms with Crippen LogP contribution >= 0.6 is 0 Å². The van der Waals surface area contributed by atoms with Gasteiger partial charge in [-0.25, -0.2) is 0 Å². The lowest BCUT2D eigenvalue weighted by Gasteiger charge is -2.20. The molecule has 0 heterocycles.